The number of rotatable bonds is 3. The van der Waals surface area contributed by atoms with Crippen molar-refractivity contribution in [3.05, 3.63) is 58.0 Å². The lowest BCUT2D eigenvalue weighted by atomic mass is 10.1. The van der Waals surface area contributed by atoms with E-state index < -0.39 is 0 Å². The van der Waals surface area contributed by atoms with Crippen LogP contribution < -0.4 is 10.1 Å². The van der Waals surface area contributed by atoms with Gasteiger partial charge in [0.15, 0.2) is 16.7 Å². The first-order valence-corrected chi connectivity index (χ1v) is 8.52. The van der Waals surface area contributed by atoms with E-state index in [4.69, 9.17) is 4.74 Å². The molecular weight excluding hydrogens is 336 g/mol. The van der Waals surface area contributed by atoms with Gasteiger partial charge in [-0.15, -0.1) is 0 Å². The molecule has 25 heavy (non-hydrogen) atoms. The maximum Gasteiger partial charge on any atom is 0.264 e. The number of ether oxygens (including phenoxy) is 1. The van der Waals surface area contributed by atoms with Gasteiger partial charge in [-0.2, -0.15) is 0 Å². The van der Waals surface area contributed by atoms with Crippen LogP contribution in [-0.4, -0.2) is 23.3 Å². The molecule has 2 N–H and O–H groups in total. The highest BCUT2D eigenvalue weighted by atomic mass is 32.2. The van der Waals surface area contributed by atoms with E-state index in [-0.39, 0.29) is 11.7 Å². The third kappa shape index (κ3) is 3.85. The van der Waals surface area contributed by atoms with Crippen LogP contribution in [0.5, 0.6) is 11.5 Å². The molecule has 2 aromatic rings. The van der Waals surface area contributed by atoms with E-state index in [0.717, 1.165) is 11.3 Å². The first-order valence-electron chi connectivity index (χ1n) is 7.70. The van der Waals surface area contributed by atoms with E-state index in [2.05, 4.69) is 16.4 Å². The molecule has 0 bridgehead atoms. The lowest BCUT2D eigenvalue weighted by Gasteiger charge is -2.03. The van der Waals surface area contributed by atoms with E-state index in [1.807, 2.05) is 26.0 Å². The number of aliphatic imine (C=N–C) groups is 1. The van der Waals surface area contributed by atoms with Gasteiger partial charge in [0.05, 0.1) is 17.7 Å². The number of carbonyl (C=O) groups excluding carboxylic acids is 1. The summed E-state index contributed by atoms with van der Waals surface area (Å²) in [5.41, 5.74) is 3.77. The number of amidine groups is 1. The van der Waals surface area contributed by atoms with E-state index in [9.17, 15) is 9.90 Å². The van der Waals surface area contributed by atoms with Gasteiger partial charge in [-0.05, 0) is 61.0 Å². The van der Waals surface area contributed by atoms with E-state index in [1.165, 1.54) is 24.4 Å². The SMILES string of the molecule is COc1ccc(C=C2SC(=Nc3ccc(C)cc3C)NC2=O)cc1O. The molecule has 0 unspecified atom stereocenters. The average molecular weight is 354 g/mol. The fraction of sp³-hybridized carbons (Fsp3) is 0.158. The Morgan fingerprint density at radius 3 is 2.68 bits per heavy atom. The molecule has 0 aromatic heterocycles. The minimum atomic E-state index is -0.205. The summed E-state index contributed by atoms with van der Waals surface area (Å²) in [6.45, 7) is 4.02. The van der Waals surface area contributed by atoms with Crippen LogP contribution in [0.2, 0.25) is 0 Å². The molecule has 0 saturated carbocycles. The highest BCUT2D eigenvalue weighted by molar-refractivity contribution is 8.18. The van der Waals surface area contributed by atoms with Crippen LogP contribution in [0.25, 0.3) is 6.08 Å². The Morgan fingerprint density at radius 2 is 2.00 bits per heavy atom. The molecule has 2 aromatic carbocycles. The highest BCUT2D eigenvalue weighted by Crippen LogP contribution is 2.32. The first kappa shape index (κ1) is 17.1. The molecule has 5 nitrogen and oxygen atoms in total. The van der Waals surface area contributed by atoms with Crippen LogP contribution in [0, 0.1) is 13.8 Å². The van der Waals surface area contributed by atoms with Crippen molar-refractivity contribution in [3.8, 4) is 11.5 Å². The molecule has 0 aliphatic carbocycles. The lowest BCUT2D eigenvalue weighted by Crippen LogP contribution is -2.19. The Kier molecular flexibility index (Phi) is 4.81. The number of amides is 1. The van der Waals surface area contributed by atoms with Crippen molar-refractivity contribution >= 4 is 34.6 Å². The average Bonchev–Trinajstić information content (AvgIpc) is 2.90. The van der Waals surface area contributed by atoms with Crippen LogP contribution >= 0.6 is 11.8 Å². The Balaban J connectivity index is 1.84. The van der Waals surface area contributed by atoms with Crippen molar-refractivity contribution in [1.82, 2.24) is 5.32 Å². The molecule has 0 atom stereocenters. The molecular formula is C19H18N2O3S. The highest BCUT2D eigenvalue weighted by Gasteiger charge is 2.24. The summed E-state index contributed by atoms with van der Waals surface area (Å²) in [5, 5.41) is 13.2. The molecule has 0 radical (unpaired) electrons. The molecule has 128 valence electrons. The minimum Gasteiger partial charge on any atom is -0.504 e. The maximum absolute atomic E-state index is 12.2. The van der Waals surface area contributed by atoms with Gasteiger partial charge in [0.25, 0.3) is 5.91 Å². The van der Waals surface area contributed by atoms with Gasteiger partial charge in [-0.3, -0.25) is 4.79 Å². The predicted molar refractivity (Wildman–Crippen MR) is 101 cm³/mol. The van der Waals surface area contributed by atoms with Gasteiger partial charge < -0.3 is 15.2 Å². The van der Waals surface area contributed by atoms with Gasteiger partial charge in [0, 0.05) is 0 Å². The number of hydrogen-bond donors (Lipinski definition) is 2. The summed E-state index contributed by atoms with van der Waals surface area (Å²) in [6.07, 6.45) is 1.71. The quantitative estimate of drug-likeness (QED) is 0.820. The van der Waals surface area contributed by atoms with Crippen molar-refractivity contribution < 1.29 is 14.6 Å². The van der Waals surface area contributed by atoms with Crippen molar-refractivity contribution in [2.45, 2.75) is 13.8 Å². The molecule has 1 amide bonds. The second kappa shape index (κ2) is 7.03. The Bertz CT molecular complexity index is 904. The molecule has 1 aliphatic rings. The maximum atomic E-state index is 12.2. The first-order chi connectivity index (χ1) is 12.0. The molecule has 0 spiro atoms. The number of aromatic hydroxyl groups is 1. The van der Waals surface area contributed by atoms with E-state index in [1.54, 1.807) is 24.3 Å². The predicted octanol–water partition coefficient (Wildman–Crippen LogP) is 3.91. The second-order valence-corrected chi connectivity index (χ2v) is 6.73. The number of methoxy groups -OCH3 is 1. The normalized spacial score (nSPS) is 17.2. The number of aryl methyl sites for hydroxylation is 2. The van der Waals surface area contributed by atoms with Gasteiger partial charge in [0.1, 0.15) is 0 Å². The Morgan fingerprint density at radius 1 is 1.20 bits per heavy atom. The van der Waals surface area contributed by atoms with Crippen LogP contribution in [0.15, 0.2) is 46.3 Å². The number of hydrogen-bond acceptors (Lipinski definition) is 5. The summed E-state index contributed by atoms with van der Waals surface area (Å²) in [6, 6.07) is 11.0. The van der Waals surface area contributed by atoms with Gasteiger partial charge in [0.2, 0.25) is 0 Å². The topological polar surface area (TPSA) is 70.9 Å². The zero-order valence-corrected chi connectivity index (χ0v) is 15.0. The zero-order chi connectivity index (χ0) is 18.0. The number of carbonyl (C=O) groups is 1. The molecule has 1 fully saturated rings. The summed E-state index contributed by atoms with van der Waals surface area (Å²) in [7, 11) is 1.49. The summed E-state index contributed by atoms with van der Waals surface area (Å²) < 4.78 is 5.02. The summed E-state index contributed by atoms with van der Waals surface area (Å²) in [5.74, 6) is 0.219. The second-order valence-electron chi connectivity index (χ2n) is 5.70. The third-order valence-corrected chi connectivity index (χ3v) is 4.64. The number of nitrogens with zero attached hydrogens (tertiary/aromatic N) is 1. The molecule has 1 saturated heterocycles. The van der Waals surface area contributed by atoms with Crippen LogP contribution in [0.4, 0.5) is 5.69 Å². The van der Waals surface area contributed by atoms with E-state index in [0.29, 0.717) is 21.4 Å². The standard InChI is InChI=1S/C19H18N2O3S/c1-11-4-6-14(12(2)8-11)20-19-21-18(23)17(25-19)10-13-5-7-16(24-3)15(22)9-13/h4-10,22H,1-3H3,(H,20,21,23). The third-order valence-electron chi connectivity index (χ3n) is 3.73. The van der Waals surface area contributed by atoms with Gasteiger partial charge >= 0.3 is 0 Å². The van der Waals surface area contributed by atoms with Gasteiger partial charge in [-0.25, -0.2) is 4.99 Å². The molecule has 6 heteroatoms. The van der Waals surface area contributed by atoms with Crippen molar-refractivity contribution in [2.75, 3.05) is 7.11 Å². The van der Waals surface area contributed by atoms with E-state index >= 15 is 0 Å². The van der Waals surface area contributed by atoms with Crippen molar-refractivity contribution in [3.63, 3.8) is 0 Å². The van der Waals surface area contributed by atoms with Crippen LogP contribution in [-0.2, 0) is 4.79 Å². The van der Waals surface area contributed by atoms with Crippen LogP contribution in [0.1, 0.15) is 16.7 Å². The monoisotopic (exact) mass is 354 g/mol. The Hall–Kier alpha value is -2.73. The number of nitrogens with one attached hydrogen (secondary N) is 1. The number of thioether (sulfide) groups is 1. The molecule has 3 rings (SSSR count). The summed E-state index contributed by atoms with van der Waals surface area (Å²) in [4.78, 5) is 17.2. The molecule has 1 heterocycles. The zero-order valence-electron chi connectivity index (χ0n) is 14.2. The largest absolute Gasteiger partial charge is 0.504 e. The Labute approximate surface area is 150 Å². The van der Waals surface area contributed by atoms with Crippen molar-refractivity contribution in [2.24, 2.45) is 4.99 Å². The summed E-state index contributed by atoms with van der Waals surface area (Å²) >= 11 is 1.27. The minimum absolute atomic E-state index is 0.0319. The fourth-order valence-electron chi connectivity index (χ4n) is 2.47. The fourth-order valence-corrected chi connectivity index (χ4v) is 3.30. The lowest BCUT2D eigenvalue weighted by molar-refractivity contribution is -0.115. The molecule has 1 aliphatic heterocycles. The number of benzene rings is 2. The van der Waals surface area contributed by atoms with Crippen LogP contribution in [0.3, 0.4) is 0 Å². The number of phenols is 1. The number of phenolic OH excluding ortho intramolecular Hbond substituents is 1. The van der Waals surface area contributed by atoms with Gasteiger partial charge in [-0.1, -0.05) is 23.8 Å². The van der Waals surface area contributed by atoms with Crippen molar-refractivity contribution in [1.29, 1.82) is 0 Å². The smallest absolute Gasteiger partial charge is 0.264 e.